The molecule has 0 aromatic heterocycles. The Hall–Kier alpha value is -0.480. The molecule has 1 heteroatoms. The minimum absolute atomic E-state index is 0.654. The molecule has 0 fully saturated rings. The van der Waals surface area contributed by atoms with Crippen LogP contribution < -0.4 is 0 Å². The van der Waals surface area contributed by atoms with Gasteiger partial charge in [-0.05, 0) is 40.3 Å². The Morgan fingerprint density at radius 1 is 1.36 bits per heavy atom. The van der Waals surface area contributed by atoms with E-state index in [0.29, 0.717) is 6.04 Å². The average molecular weight is 153 g/mol. The van der Waals surface area contributed by atoms with Gasteiger partial charge in [-0.2, -0.15) is 0 Å². The maximum absolute atomic E-state index is 5.14. The molecule has 0 radical (unpaired) electrons. The van der Waals surface area contributed by atoms with E-state index in [1.54, 1.807) is 0 Å². The first-order chi connectivity index (χ1) is 5.18. The summed E-state index contributed by atoms with van der Waals surface area (Å²) in [4.78, 5) is 2.34. The Morgan fingerprint density at radius 3 is 2.45 bits per heavy atom. The Balaban J connectivity index is 3.19. The fourth-order valence-electron chi connectivity index (χ4n) is 0.846. The third kappa shape index (κ3) is 5.94. The van der Waals surface area contributed by atoms with Crippen molar-refractivity contribution in [3.8, 4) is 12.3 Å². The van der Waals surface area contributed by atoms with Gasteiger partial charge in [0.05, 0.1) is 0 Å². The summed E-state index contributed by atoms with van der Waals surface area (Å²) in [7, 11) is 2.15. The summed E-state index contributed by atoms with van der Waals surface area (Å²) in [6.45, 7) is 5.59. The third-order valence-electron chi connectivity index (χ3n) is 1.96. The Morgan fingerprint density at radius 2 is 2.00 bits per heavy atom. The fourth-order valence-corrected chi connectivity index (χ4v) is 0.846. The molecule has 1 nitrogen and oxygen atoms in total. The van der Waals surface area contributed by atoms with Crippen LogP contribution in [-0.4, -0.2) is 24.5 Å². The highest BCUT2D eigenvalue weighted by Crippen LogP contribution is 1.99. The van der Waals surface area contributed by atoms with E-state index in [1.165, 1.54) is 13.0 Å². The van der Waals surface area contributed by atoms with Gasteiger partial charge < -0.3 is 4.90 Å². The second kappa shape index (κ2) is 6.24. The van der Waals surface area contributed by atoms with Gasteiger partial charge in [0.1, 0.15) is 0 Å². The quantitative estimate of drug-likeness (QED) is 0.432. The van der Waals surface area contributed by atoms with Crippen LogP contribution in [0.25, 0.3) is 0 Å². The molecule has 0 aliphatic heterocycles. The molecule has 0 saturated carbocycles. The molecule has 0 heterocycles. The second-order valence-electron chi connectivity index (χ2n) is 3.24. The average Bonchev–Trinajstić information content (AvgIpc) is 1.97. The van der Waals surface area contributed by atoms with Crippen LogP contribution in [0.4, 0.5) is 0 Å². The summed E-state index contributed by atoms with van der Waals surface area (Å²) in [5.74, 6) is 2.65. The maximum Gasteiger partial charge on any atom is 0.00865 e. The van der Waals surface area contributed by atoms with E-state index in [1.807, 2.05) is 0 Å². The lowest BCUT2D eigenvalue weighted by Gasteiger charge is -2.20. The molecule has 0 aromatic rings. The predicted octanol–water partition coefficient (Wildman–Crippen LogP) is 2.13. The van der Waals surface area contributed by atoms with Crippen molar-refractivity contribution in [1.82, 2.24) is 4.90 Å². The molecular formula is C10H19N. The van der Waals surface area contributed by atoms with Gasteiger partial charge in [0.25, 0.3) is 0 Å². The van der Waals surface area contributed by atoms with Gasteiger partial charge >= 0.3 is 0 Å². The van der Waals surface area contributed by atoms with E-state index in [-0.39, 0.29) is 0 Å². The van der Waals surface area contributed by atoms with Crippen LogP contribution in [0.15, 0.2) is 0 Å². The van der Waals surface area contributed by atoms with Crippen LogP contribution in [0, 0.1) is 12.3 Å². The fraction of sp³-hybridized carbons (Fsp3) is 0.800. The van der Waals surface area contributed by atoms with E-state index < -0.39 is 0 Å². The van der Waals surface area contributed by atoms with Crippen molar-refractivity contribution < 1.29 is 0 Å². The molecule has 0 N–H and O–H groups in total. The number of rotatable bonds is 5. The van der Waals surface area contributed by atoms with Gasteiger partial charge in [-0.3, -0.25) is 0 Å². The van der Waals surface area contributed by atoms with E-state index in [2.05, 4.69) is 31.7 Å². The molecule has 0 aliphatic carbocycles. The SMILES string of the molecule is C#CCCCCN(C)C(C)C. The summed E-state index contributed by atoms with van der Waals surface area (Å²) in [6, 6.07) is 0.654. The normalized spacial score (nSPS) is 10.5. The minimum Gasteiger partial charge on any atom is -0.304 e. The lowest BCUT2D eigenvalue weighted by molar-refractivity contribution is 0.269. The van der Waals surface area contributed by atoms with Crippen LogP contribution in [0.5, 0.6) is 0 Å². The van der Waals surface area contributed by atoms with Crippen molar-refractivity contribution in [3.63, 3.8) is 0 Å². The summed E-state index contributed by atoms with van der Waals surface area (Å²) in [6.07, 6.45) is 8.45. The summed E-state index contributed by atoms with van der Waals surface area (Å²) in [5.41, 5.74) is 0. The first-order valence-electron chi connectivity index (χ1n) is 4.32. The molecule has 0 atom stereocenters. The zero-order valence-corrected chi connectivity index (χ0v) is 7.93. The van der Waals surface area contributed by atoms with Crippen molar-refractivity contribution in [3.05, 3.63) is 0 Å². The Labute approximate surface area is 70.8 Å². The summed E-state index contributed by atoms with van der Waals surface area (Å²) < 4.78 is 0. The first-order valence-corrected chi connectivity index (χ1v) is 4.32. The van der Waals surface area contributed by atoms with Gasteiger partial charge in [0, 0.05) is 12.5 Å². The van der Waals surface area contributed by atoms with Gasteiger partial charge in [0.15, 0.2) is 0 Å². The molecule has 0 aliphatic rings. The van der Waals surface area contributed by atoms with E-state index in [4.69, 9.17) is 6.42 Å². The van der Waals surface area contributed by atoms with Crippen LogP contribution in [0.3, 0.4) is 0 Å². The number of unbranched alkanes of at least 4 members (excludes halogenated alkanes) is 2. The molecule has 0 rings (SSSR count). The molecule has 11 heavy (non-hydrogen) atoms. The molecule has 0 spiro atoms. The second-order valence-corrected chi connectivity index (χ2v) is 3.24. The maximum atomic E-state index is 5.14. The topological polar surface area (TPSA) is 3.24 Å². The largest absolute Gasteiger partial charge is 0.304 e. The van der Waals surface area contributed by atoms with E-state index in [0.717, 1.165) is 12.8 Å². The Kier molecular flexibility index (Phi) is 5.97. The summed E-state index contributed by atoms with van der Waals surface area (Å²) in [5, 5.41) is 0. The molecule has 0 bridgehead atoms. The smallest absolute Gasteiger partial charge is 0.00865 e. The molecular weight excluding hydrogens is 134 g/mol. The van der Waals surface area contributed by atoms with Crippen LogP contribution in [0.1, 0.15) is 33.1 Å². The predicted molar refractivity (Wildman–Crippen MR) is 50.5 cm³/mol. The van der Waals surface area contributed by atoms with Crippen molar-refractivity contribution in [2.24, 2.45) is 0 Å². The van der Waals surface area contributed by atoms with Gasteiger partial charge in [0.2, 0.25) is 0 Å². The molecule has 0 aromatic carbocycles. The minimum atomic E-state index is 0.654. The molecule has 64 valence electrons. The highest BCUT2D eigenvalue weighted by Gasteiger charge is 2.00. The number of nitrogens with zero attached hydrogens (tertiary/aromatic N) is 1. The number of terminal acetylenes is 1. The third-order valence-corrected chi connectivity index (χ3v) is 1.96. The standard InChI is InChI=1S/C10H19N/c1-5-6-7-8-9-11(4)10(2)3/h1,10H,6-9H2,2-4H3. The van der Waals surface area contributed by atoms with Crippen molar-refractivity contribution in [1.29, 1.82) is 0 Å². The van der Waals surface area contributed by atoms with Crippen LogP contribution in [0.2, 0.25) is 0 Å². The zero-order valence-electron chi connectivity index (χ0n) is 7.93. The Bertz CT molecular complexity index is 121. The molecule has 0 unspecified atom stereocenters. The molecule has 0 amide bonds. The molecule has 0 saturated heterocycles. The van der Waals surface area contributed by atoms with Crippen LogP contribution in [-0.2, 0) is 0 Å². The van der Waals surface area contributed by atoms with E-state index in [9.17, 15) is 0 Å². The lowest BCUT2D eigenvalue weighted by atomic mass is 10.2. The van der Waals surface area contributed by atoms with E-state index >= 15 is 0 Å². The summed E-state index contributed by atoms with van der Waals surface area (Å²) >= 11 is 0. The van der Waals surface area contributed by atoms with Gasteiger partial charge in [-0.25, -0.2) is 0 Å². The monoisotopic (exact) mass is 153 g/mol. The number of hydrogen-bond donors (Lipinski definition) is 0. The van der Waals surface area contributed by atoms with Crippen molar-refractivity contribution >= 4 is 0 Å². The van der Waals surface area contributed by atoms with Crippen LogP contribution >= 0.6 is 0 Å². The zero-order chi connectivity index (χ0) is 8.69. The first kappa shape index (κ1) is 10.5. The van der Waals surface area contributed by atoms with Crippen molar-refractivity contribution in [2.45, 2.75) is 39.2 Å². The van der Waals surface area contributed by atoms with Gasteiger partial charge in [-0.15, -0.1) is 12.3 Å². The number of hydrogen-bond acceptors (Lipinski definition) is 1. The lowest BCUT2D eigenvalue weighted by Crippen LogP contribution is -2.27. The van der Waals surface area contributed by atoms with Gasteiger partial charge in [-0.1, -0.05) is 0 Å². The van der Waals surface area contributed by atoms with Crippen molar-refractivity contribution in [2.75, 3.05) is 13.6 Å². The highest BCUT2D eigenvalue weighted by atomic mass is 15.1. The highest BCUT2D eigenvalue weighted by molar-refractivity contribution is 4.82.